The summed E-state index contributed by atoms with van der Waals surface area (Å²) in [5.41, 5.74) is 0. The Balaban J connectivity index is 1.77. The molecule has 1 saturated heterocycles. The average molecular weight is 269 g/mol. The zero-order valence-electron chi connectivity index (χ0n) is 11.7. The summed E-state index contributed by atoms with van der Waals surface area (Å²) in [4.78, 5) is 4.38. The van der Waals surface area contributed by atoms with Gasteiger partial charge in [0.2, 0.25) is 11.7 Å². The number of aryl methyl sites for hydroxylation is 1. The molecule has 0 amide bonds. The van der Waals surface area contributed by atoms with E-state index in [1.165, 1.54) is 0 Å². The van der Waals surface area contributed by atoms with E-state index in [1.54, 1.807) is 0 Å². The molecule has 1 aromatic heterocycles. The number of hydrogen-bond acceptors (Lipinski definition) is 6. The van der Waals surface area contributed by atoms with E-state index in [-0.39, 0.29) is 6.10 Å². The van der Waals surface area contributed by atoms with Crippen molar-refractivity contribution in [2.45, 2.75) is 45.3 Å². The summed E-state index contributed by atoms with van der Waals surface area (Å²) in [6.45, 7) is 7.12. The lowest BCUT2D eigenvalue weighted by Gasteiger charge is -2.19. The third kappa shape index (κ3) is 4.56. The number of ether oxygens (including phenoxy) is 2. The van der Waals surface area contributed by atoms with Gasteiger partial charge in [0.15, 0.2) is 0 Å². The van der Waals surface area contributed by atoms with Crippen molar-refractivity contribution in [3.8, 4) is 0 Å². The Morgan fingerprint density at radius 2 is 2.32 bits per heavy atom. The largest absolute Gasteiger partial charge is 0.376 e. The molecule has 2 heterocycles. The van der Waals surface area contributed by atoms with Crippen LogP contribution in [-0.2, 0) is 15.9 Å². The van der Waals surface area contributed by atoms with Crippen LogP contribution in [0, 0.1) is 0 Å². The predicted molar refractivity (Wildman–Crippen MR) is 69.9 cm³/mol. The molecular weight excluding hydrogens is 246 g/mol. The summed E-state index contributed by atoms with van der Waals surface area (Å²) in [5, 5.41) is 7.41. The Morgan fingerprint density at radius 1 is 1.42 bits per heavy atom. The van der Waals surface area contributed by atoms with Crippen LogP contribution < -0.4 is 5.32 Å². The lowest BCUT2D eigenvalue weighted by Crippen LogP contribution is -2.27. The van der Waals surface area contributed by atoms with Gasteiger partial charge in [-0.1, -0.05) is 12.1 Å². The number of nitrogens with zero attached hydrogens (tertiary/aromatic N) is 2. The molecule has 0 aromatic carbocycles. The topological polar surface area (TPSA) is 69.4 Å². The summed E-state index contributed by atoms with van der Waals surface area (Å²) in [5.74, 6) is 1.28. The third-order valence-corrected chi connectivity index (χ3v) is 3.12. The maximum atomic E-state index is 5.53. The predicted octanol–water partition coefficient (Wildman–Crippen LogP) is 1.48. The van der Waals surface area contributed by atoms with E-state index >= 15 is 0 Å². The Kier molecular flexibility index (Phi) is 5.75. The van der Waals surface area contributed by atoms with Crippen LogP contribution in [0.15, 0.2) is 4.52 Å². The van der Waals surface area contributed by atoms with Gasteiger partial charge in [0.1, 0.15) is 6.10 Å². The van der Waals surface area contributed by atoms with Crippen molar-refractivity contribution >= 4 is 0 Å². The van der Waals surface area contributed by atoms with Gasteiger partial charge >= 0.3 is 0 Å². The van der Waals surface area contributed by atoms with Crippen molar-refractivity contribution < 1.29 is 14.0 Å². The molecule has 0 radical (unpaired) electrons. The maximum absolute atomic E-state index is 5.53. The van der Waals surface area contributed by atoms with Gasteiger partial charge in [-0.15, -0.1) is 0 Å². The van der Waals surface area contributed by atoms with Gasteiger partial charge in [0, 0.05) is 12.5 Å². The van der Waals surface area contributed by atoms with Crippen LogP contribution in [0.5, 0.6) is 0 Å². The molecule has 2 atom stereocenters. The van der Waals surface area contributed by atoms with Gasteiger partial charge in [-0.3, -0.25) is 0 Å². The fraction of sp³-hybridized carbons (Fsp3) is 0.846. The lowest BCUT2D eigenvalue weighted by atomic mass is 10.2. The fourth-order valence-electron chi connectivity index (χ4n) is 1.97. The lowest BCUT2D eigenvalue weighted by molar-refractivity contribution is -0.0941. The minimum absolute atomic E-state index is 0.179. The minimum Gasteiger partial charge on any atom is -0.376 e. The standard InChI is InChI=1S/C13H23N3O3/c1-3-6-14-10(2)4-5-12-15-13(16-19-12)11-9-17-7-8-18-11/h10-11,14H,3-9H2,1-2H3. The first-order valence-corrected chi connectivity index (χ1v) is 7.04. The smallest absolute Gasteiger partial charge is 0.226 e. The van der Waals surface area contributed by atoms with Crippen molar-refractivity contribution in [3.05, 3.63) is 11.7 Å². The fourth-order valence-corrected chi connectivity index (χ4v) is 1.97. The van der Waals surface area contributed by atoms with Gasteiger partial charge in [0.25, 0.3) is 0 Å². The molecule has 0 saturated carbocycles. The first-order chi connectivity index (χ1) is 9.29. The zero-order chi connectivity index (χ0) is 13.5. The molecular formula is C13H23N3O3. The molecule has 0 bridgehead atoms. The second kappa shape index (κ2) is 7.57. The Bertz CT molecular complexity index is 364. The van der Waals surface area contributed by atoms with Gasteiger partial charge in [-0.05, 0) is 26.3 Å². The number of rotatable bonds is 7. The normalized spacial score (nSPS) is 21.5. The number of nitrogens with one attached hydrogen (secondary N) is 1. The summed E-state index contributed by atoms with van der Waals surface area (Å²) >= 11 is 0. The Morgan fingerprint density at radius 3 is 3.05 bits per heavy atom. The molecule has 6 nitrogen and oxygen atoms in total. The van der Waals surface area contributed by atoms with Crippen molar-refractivity contribution in [3.63, 3.8) is 0 Å². The van der Waals surface area contributed by atoms with Crippen LogP contribution in [0.3, 0.4) is 0 Å². The molecule has 108 valence electrons. The molecule has 6 heteroatoms. The highest BCUT2D eigenvalue weighted by Crippen LogP contribution is 2.18. The Hall–Kier alpha value is -0.980. The molecule has 2 rings (SSSR count). The quantitative estimate of drug-likeness (QED) is 0.808. The highest BCUT2D eigenvalue weighted by Gasteiger charge is 2.22. The second-order valence-electron chi connectivity index (χ2n) is 4.87. The van der Waals surface area contributed by atoms with Crippen molar-refractivity contribution in [2.24, 2.45) is 0 Å². The highest BCUT2D eigenvalue weighted by molar-refractivity contribution is 4.92. The molecule has 0 spiro atoms. The average Bonchev–Trinajstić information content (AvgIpc) is 2.93. The molecule has 19 heavy (non-hydrogen) atoms. The summed E-state index contributed by atoms with van der Waals surface area (Å²) < 4.78 is 16.1. The van der Waals surface area contributed by atoms with E-state index in [0.29, 0.717) is 37.6 Å². The summed E-state index contributed by atoms with van der Waals surface area (Å²) in [7, 11) is 0. The molecule has 2 unspecified atom stereocenters. The monoisotopic (exact) mass is 269 g/mol. The third-order valence-electron chi connectivity index (χ3n) is 3.12. The number of hydrogen-bond donors (Lipinski definition) is 1. The minimum atomic E-state index is -0.179. The molecule has 1 aliphatic rings. The Labute approximate surface area is 113 Å². The van der Waals surface area contributed by atoms with E-state index in [1.807, 2.05) is 0 Å². The van der Waals surface area contributed by atoms with Gasteiger partial charge < -0.3 is 19.3 Å². The van der Waals surface area contributed by atoms with Crippen molar-refractivity contribution in [1.82, 2.24) is 15.5 Å². The van der Waals surface area contributed by atoms with Crippen molar-refractivity contribution in [2.75, 3.05) is 26.4 Å². The van der Waals surface area contributed by atoms with Crippen LogP contribution in [0.2, 0.25) is 0 Å². The first kappa shape index (κ1) is 14.4. The van der Waals surface area contributed by atoms with Crippen molar-refractivity contribution in [1.29, 1.82) is 0 Å². The molecule has 1 N–H and O–H groups in total. The van der Waals surface area contributed by atoms with Crippen LogP contribution in [0.25, 0.3) is 0 Å². The van der Waals surface area contributed by atoms with E-state index in [0.717, 1.165) is 25.8 Å². The van der Waals surface area contributed by atoms with Crippen LogP contribution in [0.4, 0.5) is 0 Å². The SMILES string of the molecule is CCCNC(C)CCc1nc(C2COCCO2)no1. The molecule has 1 aliphatic heterocycles. The van der Waals surface area contributed by atoms with E-state index in [4.69, 9.17) is 14.0 Å². The second-order valence-corrected chi connectivity index (χ2v) is 4.87. The maximum Gasteiger partial charge on any atom is 0.226 e. The van der Waals surface area contributed by atoms with Gasteiger partial charge in [-0.2, -0.15) is 4.98 Å². The van der Waals surface area contributed by atoms with Gasteiger partial charge in [-0.25, -0.2) is 0 Å². The van der Waals surface area contributed by atoms with Crippen LogP contribution in [0.1, 0.15) is 44.5 Å². The van der Waals surface area contributed by atoms with Crippen LogP contribution in [-0.4, -0.2) is 42.5 Å². The zero-order valence-corrected chi connectivity index (χ0v) is 11.7. The van der Waals surface area contributed by atoms with E-state index < -0.39 is 0 Å². The van der Waals surface area contributed by atoms with E-state index in [2.05, 4.69) is 29.3 Å². The van der Waals surface area contributed by atoms with Gasteiger partial charge in [0.05, 0.1) is 19.8 Å². The molecule has 0 aliphatic carbocycles. The number of aromatic nitrogens is 2. The molecule has 1 aromatic rings. The summed E-state index contributed by atoms with van der Waals surface area (Å²) in [6.07, 6.45) is 2.75. The first-order valence-electron chi connectivity index (χ1n) is 7.04. The molecule has 1 fully saturated rings. The summed E-state index contributed by atoms with van der Waals surface area (Å²) in [6, 6.07) is 0.463. The highest BCUT2D eigenvalue weighted by atomic mass is 16.6. The van der Waals surface area contributed by atoms with Crippen LogP contribution >= 0.6 is 0 Å². The van der Waals surface area contributed by atoms with E-state index in [9.17, 15) is 0 Å².